The summed E-state index contributed by atoms with van der Waals surface area (Å²) < 4.78 is 64.1. The summed E-state index contributed by atoms with van der Waals surface area (Å²) in [5.74, 6) is -0.437. The van der Waals surface area contributed by atoms with Crippen LogP contribution in [0.1, 0.15) is 24.2 Å². The van der Waals surface area contributed by atoms with Gasteiger partial charge in [0.15, 0.2) is 11.5 Å². The summed E-state index contributed by atoms with van der Waals surface area (Å²) in [5.41, 5.74) is 2.15. The lowest BCUT2D eigenvalue weighted by atomic mass is 10.2. The average molecular weight is 465 g/mol. The smallest absolute Gasteiger partial charge is 0.387 e. The molecular formula is C18H19ClF2N2O6S. The molecule has 0 radical (unpaired) electrons. The minimum Gasteiger partial charge on any atom is -0.493 e. The predicted molar refractivity (Wildman–Crippen MR) is 105 cm³/mol. The highest BCUT2D eigenvalue weighted by Crippen LogP contribution is 2.30. The van der Waals surface area contributed by atoms with Crippen molar-refractivity contribution in [2.75, 3.05) is 7.11 Å². The molecule has 0 spiro atoms. The molecular weight excluding hydrogens is 446 g/mol. The van der Waals surface area contributed by atoms with E-state index in [0.717, 1.165) is 18.2 Å². The molecule has 0 saturated heterocycles. The third-order valence-corrected chi connectivity index (χ3v) is 5.06. The number of nitrogens with one attached hydrogen (secondary N) is 2. The fraction of sp³-hybridized carbons (Fsp3) is 0.278. The van der Waals surface area contributed by atoms with E-state index in [1.54, 1.807) is 0 Å². The fourth-order valence-corrected chi connectivity index (χ4v) is 3.40. The molecule has 2 aromatic carbocycles. The van der Waals surface area contributed by atoms with Gasteiger partial charge in [0.1, 0.15) is 5.75 Å². The van der Waals surface area contributed by atoms with E-state index >= 15 is 0 Å². The zero-order chi connectivity index (χ0) is 22.5. The molecule has 0 aliphatic rings. The largest absolute Gasteiger partial charge is 0.493 e. The number of alkyl halides is 2. The van der Waals surface area contributed by atoms with E-state index in [-0.39, 0.29) is 27.3 Å². The molecule has 0 bridgehead atoms. The highest BCUT2D eigenvalue weighted by molar-refractivity contribution is 7.89. The van der Waals surface area contributed by atoms with E-state index in [1.165, 1.54) is 25.3 Å². The molecule has 1 amide bonds. The first-order valence-electron chi connectivity index (χ1n) is 8.44. The van der Waals surface area contributed by atoms with E-state index in [1.807, 2.05) is 24.1 Å². The lowest BCUT2D eigenvalue weighted by Crippen LogP contribution is -2.41. The summed E-state index contributed by atoms with van der Waals surface area (Å²) in [5, 5.41) is -0.338. The first-order chi connectivity index (χ1) is 14.0. The van der Waals surface area contributed by atoms with Gasteiger partial charge >= 0.3 is 6.61 Å². The molecule has 0 saturated carbocycles. The van der Waals surface area contributed by atoms with Crippen molar-refractivity contribution in [1.82, 2.24) is 10.3 Å². The Kier molecular flexibility index (Phi) is 7.82. The van der Waals surface area contributed by atoms with Crippen molar-refractivity contribution in [2.45, 2.75) is 31.5 Å². The number of sulfonamides is 1. The molecule has 0 aliphatic heterocycles. The van der Waals surface area contributed by atoms with E-state index < -0.39 is 22.5 Å². The van der Waals surface area contributed by atoms with Gasteiger partial charge in [-0.15, -0.1) is 4.83 Å². The Morgan fingerprint density at radius 1 is 1.03 bits per heavy atom. The van der Waals surface area contributed by atoms with Crippen LogP contribution in [-0.2, 0) is 10.0 Å². The maximum absolute atomic E-state index is 12.3. The van der Waals surface area contributed by atoms with Crippen LogP contribution in [0, 0.1) is 0 Å². The van der Waals surface area contributed by atoms with Crippen LogP contribution < -0.4 is 24.5 Å². The third-order valence-electron chi connectivity index (χ3n) is 3.52. The highest BCUT2D eigenvalue weighted by atomic mass is 35.5. The highest BCUT2D eigenvalue weighted by Gasteiger charge is 2.19. The molecule has 2 aromatic rings. The molecule has 0 heterocycles. The number of carbonyl (C=O) groups is 1. The molecule has 0 aromatic heterocycles. The zero-order valence-electron chi connectivity index (χ0n) is 16.1. The number of amides is 1. The summed E-state index contributed by atoms with van der Waals surface area (Å²) in [7, 11) is -2.84. The van der Waals surface area contributed by atoms with Crippen LogP contribution in [0.25, 0.3) is 0 Å². The van der Waals surface area contributed by atoms with Gasteiger partial charge in [-0.1, -0.05) is 11.6 Å². The van der Waals surface area contributed by atoms with E-state index in [0.29, 0.717) is 11.5 Å². The van der Waals surface area contributed by atoms with Crippen molar-refractivity contribution in [1.29, 1.82) is 0 Å². The number of rotatable bonds is 9. The van der Waals surface area contributed by atoms with Crippen LogP contribution in [0.2, 0.25) is 5.02 Å². The van der Waals surface area contributed by atoms with Gasteiger partial charge in [0.2, 0.25) is 0 Å². The molecule has 2 N–H and O–H groups in total. The molecule has 0 aliphatic carbocycles. The predicted octanol–water partition coefficient (Wildman–Crippen LogP) is 3.36. The van der Waals surface area contributed by atoms with Gasteiger partial charge in [-0.2, -0.15) is 8.78 Å². The Labute approximate surface area is 177 Å². The second-order valence-corrected chi connectivity index (χ2v) is 8.15. The number of ether oxygens (including phenoxy) is 3. The van der Waals surface area contributed by atoms with Gasteiger partial charge in [-0.3, -0.25) is 10.2 Å². The maximum Gasteiger partial charge on any atom is 0.387 e. The fourth-order valence-electron chi connectivity index (χ4n) is 2.25. The summed E-state index contributed by atoms with van der Waals surface area (Å²) in [6, 6.07) is 7.22. The van der Waals surface area contributed by atoms with Crippen molar-refractivity contribution >= 4 is 27.5 Å². The van der Waals surface area contributed by atoms with Gasteiger partial charge < -0.3 is 14.2 Å². The number of methoxy groups -OCH3 is 1. The van der Waals surface area contributed by atoms with Gasteiger partial charge in [0.05, 0.1) is 23.1 Å². The van der Waals surface area contributed by atoms with Crippen LogP contribution in [0.15, 0.2) is 41.3 Å². The van der Waals surface area contributed by atoms with Crippen molar-refractivity contribution in [2.24, 2.45) is 0 Å². The quantitative estimate of drug-likeness (QED) is 0.552. The van der Waals surface area contributed by atoms with Crippen LogP contribution in [0.3, 0.4) is 0 Å². The third kappa shape index (κ3) is 6.18. The Balaban J connectivity index is 2.12. The number of carbonyl (C=O) groups excluding carboxylic acids is 1. The summed E-state index contributed by atoms with van der Waals surface area (Å²) in [6.07, 6.45) is -0.116. The molecule has 0 fully saturated rings. The van der Waals surface area contributed by atoms with Crippen LogP contribution in [0.4, 0.5) is 8.78 Å². The molecule has 30 heavy (non-hydrogen) atoms. The van der Waals surface area contributed by atoms with Crippen molar-refractivity contribution in [3.63, 3.8) is 0 Å². The van der Waals surface area contributed by atoms with Gasteiger partial charge in [-0.05, 0) is 50.2 Å². The van der Waals surface area contributed by atoms with Crippen molar-refractivity contribution < 1.29 is 36.2 Å². The number of hydrogen-bond donors (Lipinski definition) is 2. The van der Waals surface area contributed by atoms with Gasteiger partial charge in [-0.25, -0.2) is 8.42 Å². The first-order valence-corrected chi connectivity index (χ1v) is 10.3. The summed E-state index contributed by atoms with van der Waals surface area (Å²) in [6.45, 7) is 0.539. The number of hydrogen-bond acceptors (Lipinski definition) is 6. The van der Waals surface area contributed by atoms with Crippen molar-refractivity contribution in [3.05, 3.63) is 47.0 Å². The van der Waals surface area contributed by atoms with Gasteiger partial charge in [0.25, 0.3) is 15.9 Å². The van der Waals surface area contributed by atoms with Gasteiger partial charge in [0, 0.05) is 5.56 Å². The second-order valence-electron chi connectivity index (χ2n) is 6.06. The first kappa shape index (κ1) is 23.6. The SMILES string of the molecule is COc1cc(C(=O)NNS(=O)(=O)c2ccc(OC(F)F)c(Cl)c2)ccc1OC(C)C. The minimum atomic E-state index is -4.24. The molecule has 8 nitrogen and oxygen atoms in total. The Morgan fingerprint density at radius 2 is 1.70 bits per heavy atom. The molecule has 164 valence electrons. The van der Waals surface area contributed by atoms with E-state index in [2.05, 4.69) is 4.74 Å². The van der Waals surface area contributed by atoms with E-state index in [4.69, 9.17) is 21.1 Å². The zero-order valence-corrected chi connectivity index (χ0v) is 17.7. The molecule has 12 heteroatoms. The number of halogens is 3. The summed E-state index contributed by atoms with van der Waals surface area (Å²) >= 11 is 5.76. The maximum atomic E-state index is 12.3. The average Bonchev–Trinajstić information content (AvgIpc) is 2.67. The normalized spacial score (nSPS) is 11.5. The molecule has 2 rings (SSSR count). The lowest BCUT2D eigenvalue weighted by molar-refractivity contribution is -0.0498. The number of hydrazine groups is 1. The Morgan fingerprint density at radius 3 is 2.27 bits per heavy atom. The van der Waals surface area contributed by atoms with Crippen molar-refractivity contribution in [3.8, 4) is 17.2 Å². The van der Waals surface area contributed by atoms with E-state index in [9.17, 15) is 22.0 Å². The topological polar surface area (TPSA) is 103 Å². The second kappa shape index (κ2) is 9.92. The Hall–Kier alpha value is -2.63. The summed E-state index contributed by atoms with van der Waals surface area (Å²) in [4.78, 5) is 13.8. The minimum absolute atomic E-state index is 0.101. The van der Waals surface area contributed by atoms with Crippen LogP contribution in [0.5, 0.6) is 17.2 Å². The monoisotopic (exact) mass is 464 g/mol. The van der Waals surface area contributed by atoms with Crippen LogP contribution in [-0.4, -0.2) is 34.2 Å². The van der Waals surface area contributed by atoms with Crippen LogP contribution >= 0.6 is 11.6 Å². The lowest BCUT2D eigenvalue weighted by Gasteiger charge is -2.15. The Bertz CT molecular complexity index is 1020. The standard InChI is InChI=1S/C18H19ClF2N2O6S/c1-10(2)28-15-6-4-11(8-16(15)27-3)17(24)22-23-30(25,26)12-5-7-14(13(19)9-12)29-18(20)21/h4-10,18,23H,1-3H3,(H,22,24). The number of benzene rings is 2. The molecule has 0 unspecified atom stereocenters. The molecule has 0 atom stereocenters.